The Morgan fingerprint density at radius 1 is 1.11 bits per heavy atom. The van der Waals surface area contributed by atoms with Gasteiger partial charge in [-0.25, -0.2) is 4.68 Å². The second-order valence-corrected chi connectivity index (χ2v) is 7.96. The normalized spacial score (nSPS) is 18.5. The van der Waals surface area contributed by atoms with E-state index in [-0.39, 0.29) is 11.9 Å². The van der Waals surface area contributed by atoms with Crippen LogP contribution in [-0.4, -0.2) is 26.0 Å². The van der Waals surface area contributed by atoms with Gasteiger partial charge in [0, 0.05) is 10.7 Å². The summed E-state index contributed by atoms with van der Waals surface area (Å²) in [5, 5.41) is 12.1. The largest absolute Gasteiger partial charge is 0.325 e. The van der Waals surface area contributed by atoms with Crippen LogP contribution in [0.4, 0.5) is 5.69 Å². The fourth-order valence-electron chi connectivity index (χ4n) is 2.93. The first-order valence-corrected chi connectivity index (χ1v) is 9.75. The number of benzene rings is 2. The molecule has 3 aromatic rings. The highest BCUT2D eigenvalue weighted by Gasteiger charge is 2.37. The molecule has 2 heterocycles. The number of halogens is 1. The summed E-state index contributed by atoms with van der Waals surface area (Å²) in [5.74, 6) is 0.651. The Balaban J connectivity index is 1.65. The Bertz CT molecular complexity index is 971. The molecule has 2 aromatic carbocycles. The molecule has 0 aliphatic carbocycles. The van der Waals surface area contributed by atoms with E-state index in [0.717, 1.165) is 11.4 Å². The summed E-state index contributed by atoms with van der Waals surface area (Å²) in [6.45, 7) is 3.92. The summed E-state index contributed by atoms with van der Waals surface area (Å²) in [6.07, 6.45) is 0. The summed E-state index contributed by atoms with van der Waals surface area (Å²) < 4.78 is 1.83. The van der Waals surface area contributed by atoms with Gasteiger partial charge in [0.25, 0.3) is 0 Å². The smallest absolute Gasteiger partial charge is 0.240 e. The van der Waals surface area contributed by atoms with Crippen LogP contribution >= 0.6 is 23.4 Å². The number of aromatic nitrogens is 3. The molecular weight excluding hydrogens is 382 g/mol. The molecule has 0 unspecified atom stereocenters. The third kappa shape index (κ3) is 3.65. The van der Waals surface area contributed by atoms with Crippen LogP contribution in [0, 0.1) is 13.8 Å². The van der Waals surface area contributed by atoms with Gasteiger partial charge in [-0.3, -0.25) is 4.79 Å². The summed E-state index contributed by atoms with van der Waals surface area (Å²) in [4.78, 5) is 13.1. The second kappa shape index (κ2) is 7.25. The number of aryl methyl sites for hydroxylation is 2. The Kier molecular flexibility index (Phi) is 4.80. The number of fused-ring (bicyclic) bond motifs is 1. The van der Waals surface area contributed by atoms with Crippen LogP contribution in [0.1, 0.15) is 23.0 Å². The van der Waals surface area contributed by atoms with Gasteiger partial charge < -0.3 is 10.7 Å². The van der Waals surface area contributed by atoms with Crippen molar-refractivity contribution in [2.24, 2.45) is 0 Å². The van der Waals surface area contributed by atoms with Gasteiger partial charge >= 0.3 is 0 Å². The number of hydrogen-bond donors (Lipinski definition) is 2. The fourth-order valence-corrected chi connectivity index (χ4v) is 4.18. The summed E-state index contributed by atoms with van der Waals surface area (Å²) >= 11 is 7.33. The highest BCUT2D eigenvalue weighted by atomic mass is 35.5. The zero-order chi connectivity index (χ0) is 19.0. The van der Waals surface area contributed by atoms with Gasteiger partial charge in [-0.15, -0.1) is 10.2 Å². The van der Waals surface area contributed by atoms with Gasteiger partial charge in [0.15, 0.2) is 0 Å². The van der Waals surface area contributed by atoms with E-state index in [1.807, 2.05) is 42.8 Å². The molecule has 138 valence electrons. The van der Waals surface area contributed by atoms with Crippen molar-refractivity contribution in [3.05, 3.63) is 70.5 Å². The lowest BCUT2D eigenvalue weighted by Gasteiger charge is -2.32. The van der Waals surface area contributed by atoms with Crippen LogP contribution in [0.5, 0.6) is 0 Å². The quantitative estimate of drug-likeness (QED) is 0.697. The predicted molar refractivity (Wildman–Crippen MR) is 108 cm³/mol. The molecule has 27 heavy (non-hydrogen) atoms. The molecule has 0 saturated carbocycles. The number of carbonyl (C=O) groups excluding carboxylic acids is 1. The molecule has 2 N–H and O–H groups in total. The zero-order valence-electron chi connectivity index (χ0n) is 14.8. The number of nitrogens with zero attached hydrogens (tertiary/aromatic N) is 3. The maximum Gasteiger partial charge on any atom is 0.240 e. The minimum absolute atomic E-state index is 0.104. The van der Waals surface area contributed by atoms with Crippen molar-refractivity contribution in [1.82, 2.24) is 14.9 Å². The number of rotatable bonds is 3. The minimum atomic E-state index is -0.403. The molecular formula is C19H18ClN5OS. The molecule has 4 rings (SSSR count). The maximum absolute atomic E-state index is 13.1. The van der Waals surface area contributed by atoms with Crippen LogP contribution in [0.25, 0.3) is 0 Å². The Hall–Kier alpha value is -2.51. The van der Waals surface area contributed by atoms with Gasteiger partial charge in [-0.2, -0.15) is 0 Å². The third-order valence-electron chi connectivity index (χ3n) is 4.41. The van der Waals surface area contributed by atoms with Crippen molar-refractivity contribution < 1.29 is 4.79 Å². The van der Waals surface area contributed by atoms with Crippen LogP contribution in [0.2, 0.25) is 5.02 Å². The van der Waals surface area contributed by atoms with E-state index in [1.54, 1.807) is 24.3 Å². The van der Waals surface area contributed by atoms with Crippen molar-refractivity contribution in [2.75, 3.05) is 10.7 Å². The second-order valence-electron chi connectivity index (χ2n) is 6.42. The molecule has 8 heteroatoms. The molecule has 0 radical (unpaired) electrons. The average Bonchev–Trinajstić information content (AvgIpc) is 3.03. The van der Waals surface area contributed by atoms with E-state index < -0.39 is 5.25 Å². The van der Waals surface area contributed by atoms with E-state index in [0.29, 0.717) is 15.9 Å². The van der Waals surface area contributed by atoms with E-state index in [9.17, 15) is 4.79 Å². The fraction of sp³-hybridized carbons (Fsp3) is 0.211. The Labute approximate surface area is 166 Å². The number of amides is 1. The molecule has 2 atom stereocenters. The number of anilines is 1. The molecule has 1 aliphatic heterocycles. The Morgan fingerprint density at radius 3 is 2.52 bits per heavy atom. The Morgan fingerprint density at radius 2 is 1.81 bits per heavy atom. The van der Waals surface area contributed by atoms with Crippen molar-refractivity contribution in [3.63, 3.8) is 0 Å². The molecule has 6 nitrogen and oxygen atoms in total. The summed E-state index contributed by atoms with van der Waals surface area (Å²) in [6, 6.07) is 15.0. The first-order chi connectivity index (χ1) is 13.0. The summed E-state index contributed by atoms with van der Waals surface area (Å²) in [5.41, 5.74) is 6.30. The van der Waals surface area contributed by atoms with Crippen molar-refractivity contribution in [1.29, 1.82) is 0 Å². The van der Waals surface area contributed by atoms with Crippen LogP contribution in [0.3, 0.4) is 0 Å². The first kappa shape index (κ1) is 17.9. The number of carbonyl (C=O) groups is 1. The first-order valence-electron chi connectivity index (χ1n) is 8.49. The van der Waals surface area contributed by atoms with Crippen LogP contribution in [-0.2, 0) is 4.79 Å². The average molecular weight is 400 g/mol. The van der Waals surface area contributed by atoms with E-state index in [2.05, 4.69) is 20.9 Å². The van der Waals surface area contributed by atoms with Crippen LogP contribution < -0.4 is 10.7 Å². The SMILES string of the molecule is Cc1ccc([C@H]2Nn3c(C)nnc3S[C@H]2C(=O)Nc2ccc(Cl)cc2)cc1. The minimum Gasteiger partial charge on any atom is -0.325 e. The molecule has 1 aliphatic rings. The topological polar surface area (TPSA) is 71.8 Å². The predicted octanol–water partition coefficient (Wildman–Crippen LogP) is 3.95. The molecule has 0 bridgehead atoms. The number of hydrogen-bond acceptors (Lipinski definition) is 5. The number of nitrogens with one attached hydrogen (secondary N) is 2. The van der Waals surface area contributed by atoms with E-state index in [4.69, 9.17) is 11.6 Å². The lowest BCUT2D eigenvalue weighted by atomic mass is 10.0. The lowest BCUT2D eigenvalue weighted by molar-refractivity contribution is -0.116. The van der Waals surface area contributed by atoms with Crippen molar-refractivity contribution in [3.8, 4) is 0 Å². The molecule has 1 aromatic heterocycles. The van der Waals surface area contributed by atoms with E-state index in [1.165, 1.54) is 17.3 Å². The molecule has 0 spiro atoms. The van der Waals surface area contributed by atoms with Gasteiger partial charge in [0.1, 0.15) is 11.1 Å². The van der Waals surface area contributed by atoms with Crippen molar-refractivity contribution >= 4 is 35.0 Å². The zero-order valence-corrected chi connectivity index (χ0v) is 16.4. The molecule has 1 amide bonds. The maximum atomic E-state index is 13.1. The molecule has 0 fully saturated rings. The van der Waals surface area contributed by atoms with Gasteiger partial charge in [-0.1, -0.05) is 53.2 Å². The third-order valence-corrected chi connectivity index (χ3v) is 5.87. The molecule has 0 saturated heterocycles. The monoisotopic (exact) mass is 399 g/mol. The van der Waals surface area contributed by atoms with Crippen molar-refractivity contribution in [2.45, 2.75) is 30.3 Å². The lowest BCUT2D eigenvalue weighted by Crippen LogP contribution is -2.41. The van der Waals surface area contributed by atoms with Gasteiger partial charge in [0.2, 0.25) is 11.1 Å². The van der Waals surface area contributed by atoms with Gasteiger partial charge in [-0.05, 0) is 43.7 Å². The number of thioether (sulfide) groups is 1. The van der Waals surface area contributed by atoms with Gasteiger partial charge in [0.05, 0.1) is 6.04 Å². The highest BCUT2D eigenvalue weighted by molar-refractivity contribution is 8.00. The summed E-state index contributed by atoms with van der Waals surface area (Å²) in [7, 11) is 0. The highest BCUT2D eigenvalue weighted by Crippen LogP contribution is 2.37. The van der Waals surface area contributed by atoms with E-state index >= 15 is 0 Å². The standard InChI is InChI=1S/C19H18ClN5OS/c1-11-3-5-13(6-4-11)16-17(27-19-23-22-12(2)25(19)24-16)18(26)21-15-9-7-14(20)8-10-15/h3-10,16-17,24H,1-2H3,(H,21,26)/t16-,17-/m1/s1. The van der Waals surface area contributed by atoms with Crippen LogP contribution in [0.15, 0.2) is 53.7 Å².